The van der Waals surface area contributed by atoms with E-state index in [0.717, 1.165) is 0 Å². The lowest BCUT2D eigenvalue weighted by Crippen LogP contribution is -2.00. The molecule has 7 heteroatoms. The molecule has 0 saturated carbocycles. The molecule has 0 unspecified atom stereocenters. The van der Waals surface area contributed by atoms with Crippen molar-refractivity contribution in [1.29, 1.82) is 0 Å². The van der Waals surface area contributed by atoms with E-state index in [4.69, 9.17) is 10.8 Å². The van der Waals surface area contributed by atoms with Crippen molar-refractivity contribution in [2.45, 2.75) is 11.9 Å². The van der Waals surface area contributed by atoms with Crippen LogP contribution in [0.15, 0.2) is 5.03 Å². The largest absolute Gasteiger partial charge is 0.477 e. The Labute approximate surface area is 95.3 Å². The predicted octanol–water partition coefficient (Wildman–Crippen LogP) is 1.27. The zero-order valence-corrected chi connectivity index (χ0v) is 9.55. The van der Waals surface area contributed by atoms with Gasteiger partial charge >= 0.3 is 5.97 Å². The second-order valence-electron chi connectivity index (χ2n) is 3.22. The number of aromatic amines is 1. The number of H-pyrrole nitrogens is 1. The van der Waals surface area contributed by atoms with Crippen LogP contribution in [0.2, 0.25) is 0 Å². The number of carbonyl (C=O) groups is 1. The number of aromatic carboxylic acids is 1. The molecule has 0 fully saturated rings. The van der Waals surface area contributed by atoms with Crippen molar-refractivity contribution < 1.29 is 9.90 Å². The number of nitrogens with one attached hydrogen (secondary N) is 1. The van der Waals surface area contributed by atoms with Gasteiger partial charge in [0.15, 0.2) is 5.69 Å². The lowest BCUT2D eigenvalue weighted by Gasteiger charge is -1.99. The Morgan fingerprint density at radius 2 is 2.19 bits per heavy atom. The molecule has 0 aromatic carbocycles. The highest BCUT2D eigenvalue weighted by atomic mass is 32.2. The number of anilines is 1. The van der Waals surface area contributed by atoms with E-state index < -0.39 is 5.97 Å². The summed E-state index contributed by atoms with van der Waals surface area (Å²) in [5, 5.41) is 10.3. The van der Waals surface area contributed by atoms with Crippen molar-refractivity contribution in [3.63, 3.8) is 0 Å². The number of thioether (sulfide) groups is 1. The molecule has 0 aliphatic heterocycles. The first kappa shape index (κ1) is 10.7. The highest BCUT2D eigenvalue weighted by molar-refractivity contribution is 7.98. The Morgan fingerprint density at radius 3 is 2.75 bits per heavy atom. The van der Waals surface area contributed by atoms with Crippen molar-refractivity contribution in [3.8, 4) is 0 Å². The van der Waals surface area contributed by atoms with E-state index in [1.165, 1.54) is 11.8 Å². The van der Waals surface area contributed by atoms with Gasteiger partial charge in [0.05, 0.1) is 10.4 Å². The average molecular weight is 238 g/mol. The summed E-state index contributed by atoms with van der Waals surface area (Å²) in [6.45, 7) is 1.67. The van der Waals surface area contributed by atoms with Gasteiger partial charge in [-0.15, -0.1) is 11.8 Å². The smallest absolute Gasteiger partial charge is 0.354 e. The van der Waals surface area contributed by atoms with Crippen molar-refractivity contribution in [3.05, 3.63) is 11.5 Å². The number of aryl methyl sites for hydroxylation is 1. The molecule has 6 nitrogen and oxygen atoms in total. The van der Waals surface area contributed by atoms with E-state index >= 15 is 0 Å². The Hall–Kier alpha value is -1.76. The maximum Gasteiger partial charge on any atom is 0.354 e. The summed E-state index contributed by atoms with van der Waals surface area (Å²) in [5.74, 6) is -0.294. The summed E-state index contributed by atoms with van der Waals surface area (Å²) >= 11 is 1.38. The molecule has 0 bridgehead atoms. The maximum atomic E-state index is 11.0. The fourth-order valence-electron chi connectivity index (χ4n) is 1.54. The number of fused-ring (bicyclic) bond motifs is 1. The van der Waals surface area contributed by atoms with E-state index in [1.54, 1.807) is 6.92 Å². The first-order valence-electron chi connectivity index (χ1n) is 4.47. The van der Waals surface area contributed by atoms with Gasteiger partial charge in [0.2, 0.25) is 0 Å². The Bertz CT molecular complexity index is 578. The number of carboxylic acids is 1. The molecule has 0 atom stereocenters. The van der Waals surface area contributed by atoms with Gasteiger partial charge in [0.25, 0.3) is 0 Å². The van der Waals surface area contributed by atoms with Gasteiger partial charge in [-0.05, 0) is 13.2 Å². The molecule has 16 heavy (non-hydrogen) atoms. The molecule has 0 amide bonds. The molecular weight excluding hydrogens is 228 g/mol. The zero-order valence-electron chi connectivity index (χ0n) is 8.74. The van der Waals surface area contributed by atoms with Gasteiger partial charge in [0, 0.05) is 0 Å². The molecule has 0 radical (unpaired) electrons. The van der Waals surface area contributed by atoms with Gasteiger partial charge in [-0.1, -0.05) is 0 Å². The summed E-state index contributed by atoms with van der Waals surface area (Å²) in [6, 6.07) is 0. The summed E-state index contributed by atoms with van der Waals surface area (Å²) in [5.41, 5.74) is 6.18. The number of hydrogen-bond donors (Lipinski definition) is 3. The first-order chi connectivity index (χ1) is 7.54. The Morgan fingerprint density at radius 1 is 1.50 bits per heavy atom. The van der Waals surface area contributed by atoms with Crippen LogP contribution in [0.1, 0.15) is 16.3 Å². The van der Waals surface area contributed by atoms with Gasteiger partial charge in [-0.2, -0.15) is 0 Å². The zero-order chi connectivity index (χ0) is 11.9. The quantitative estimate of drug-likeness (QED) is 0.680. The van der Waals surface area contributed by atoms with Crippen LogP contribution in [-0.4, -0.2) is 32.3 Å². The van der Waals surface area contributed by atoms with Crippen LogP contribution in [0.4, 0.5) is 5.82 Å². The van der Waals surface area contributed by atoms with Gasteiger partial charge < -0.3 is 15.8 Å². The van der Waals surface area contributed by atoms with Crippen LogP contribution in [0.5, 0.6) is 0 Å². The summed E-state index contributed by atoms with van der Waals surface area (Å²) < 4.78 is 0. The first-order valence-corrected chi connectivity index (χ1v) is 5.70. The molecule has 0 aliphatic rings. The second-order valence-corrected chi connectivity index (χ2v) is 4.03. The third kappa shape index (κ3) is 1.49. The third-order valence-electron chi connectivity index (χ3n) is 2.17. The number of hydrogen-bond acceptors (Lipinski definition) is 5. The molecule has 2 aromatic rings. The van der Waals surface area contributed by atoms with Crippen molar-refractivity contribution in [1.82, 2.24) is 15.0 Å². The number of carboxylic acid groups (broad SMARTS) is 1. The van der Waals surface area contributed by atoms with Crippen molar-refractivity contribution >= 4 is 34.5 Å². The molecule has 0 saturated heterocycles. The number of aromatic nitrogens is 3. The summed E-state index contributed by atoms with van der Waals surface area (Å²) in [6.07, 6.45) is 1.83. The van der Waals surface area contributed by atoms with Crippen LogP contribution in [-0.2, 0) is 0 Å². The molecule has 2 rings (SSSR count). The van der Waals surface area contributed by atoms with Gasteiger partial charge in [-0.25, -0.2) is 14.8 Å². The van der Waals surface area contributed by atoms with Gasteiger partial charge in [-0.3, -0.25) is 0 Å². The fraction of sp³-hybridized carbons (Fsp3) is 0.222. The Kier molecular flexibility index (Phi) is 2.47. The van der Waals surface area contributed by atoms with Crippen LogP contribution >= 0.6 is 11.8 Å². The highest BCUT2D eigenvalue weighted by Crippen LogP contribution is 2.31. The monoisotopic (exact) mass is 238 g/mol. The van der Waals surface area contributed by atoms with Crippen LogP contribution in [0.25, 0.3) is 10.9 Å². The Balaban J connectivity index is 2.90. The normalized spacial score (nSPS) is 10.9. The molecule has 84 valence electrons. The number of nitrogens with two attached hydrogens (primary N) is 1. The van der Waals surface area contributed by atoms with E-state index in [0.29, 0.717) is 27.6 Å². The maximum absolute atomic E-state index is 11.0. The van der Waals surface area contributed by atoms with Crippen LogP contribution in [0.3, 0.4) is 0 Å². The highest BCUT2D eigenvalue weighted by Gasteiger charge is 2.19. The van der Waals surface area contributed by atoms with E-state index in [9.17, 15) is 4.79 Å². The lowest BCUT2D eigenvalue weighted by atomic mass is 10.3. The molecule has 2 heterocycles. The van der Waals surface area contributed by atoms with E-state index in [2.05, 4.69) is 15.0 Å². The topological polar surface area (TPSA) is 105 Å². The average Bonchev–Trinajstić information content (AvgIpc) is 2.56. The van der Waals surface area contributed by atoms with Gasteiger partial charge in [0.1, 0.15) is 17.2 Å². The minimum Gasteiger partial charge on any atom is -0.477 e. The molecule has 4 N–H and O–H groups in total. The van der Waals surface area contributed by atoms with Crippen LogP contribution < -0.4 is 5.73 Å². The second kappa shape index (κ2) is 3.67. The number of rotatable bonds is 2. The van der Waals surface area contributed by atoms with E-state index in [1.807, 2.05) is 6.26 Å². The van der Waals surface area contributed by atoms with Crippen molar-refractivity contribution in [2.75, 3.05) is 12.0 Å². The summed E-state index contributed by atoms with van der Waals surface area (Å²) in [7, 11) is 0. The fourth-order valence-corrected chi connectivity index (χ4v) is 2.15. The molecule has 0 spiro atoms. The molecule has 0 aliphatic carbocycles. The minimum atomic E-state index is -1.05. The summed E-state index contributed by atoms with van der Waals surface area (Å²) in [4.78, 5) is 21.9. The lowest BCUT2D eigenvalue weighted by molar-refractivity contribution is 0.0692. The number of nitrogen functional groups attached to an aromatic ring is 1. The SMILES string of the molecule is CSc1[nH]c(C(=O)O)c2nc(C)nc(N)c12. The van der Waals surface area contributed by atoms with Crippen LogP contribution in [0, 0.1) is 6.92 Å². The molecular formula is C9H10N4O2S. The molecule has 2 aromatic heterocycles. The minimum absolute atomic E-state index is 0.0524. The van der Waals surface area contributed by atoms with E-state index in [-0.39, 0.29) is 5.69 Å². The number of nitrogens with zero attached hydrogens (tertiary/aromatic N) is 2. The van der Waals surface area contributed by atoms with Crippen molar-refractivity contribution in [2.24, 2.45) is 0 Å². The standard InChI is InChI=1S/C9H10N4O2S/c1-3-11-5-4(7(10)12-3)8(16-2)13-6(5)9(14)15/h13H,1-2H3,(H,14,15)(H2,10,11,12). The third-order valence-corrected chi connectivity index (χ3v) is 2.88. The predicted molar refractivity (Wildman–Crippen MR) is 61.8 cm³/mol.